The molecule has 1 aliphatic heterocycles. The maximum atomic E-state index is 13.8. The molecule has 3 nitrogen and oxygen atoms in total. The molecule has 1 heterocycles. The number of aliphatic hydroxyl groups is 1. The van der Waals surface area contributed by atoms with Crippen LogP contribution in [-0.2, 0) is 6.54 Å². The van der Waals surface area contributed by atoms with Crippen LogP contribution in [0, 0.1) is 11.7 Å². The first kappa shape index (κ1) is 13.3. The lowest BCUT2D eigenvalue weighted by atomic mass is 9.95. The van der Waals surface area contributed by atoms with Crippen LogP contribution in [0.1, 0.15) is 24.8 Å². The molecule has 0 radical (unpaired) electrons. The van der Waals surface area contributed by atoms with Gasteiger partial charge in [-0.1, -0.05) is 12.1 Å². The van der Waals surface area contributed by atoms with Gasteiger partial charge in [0.15, 0.2) is 5.82 Å². The zero-order chi connectivity index (χ0) is 13.0. The Morgan fingerprint density at radius 3 is 3.06 bits per heavy atom. The van der Waals surface area contributed by atoms with Crippen LogP contribution in [0.25, 0.3) is 0 Å². The summed E-state index contributed by atoms with van der Waals surface area (Å²) in [5.74, 6) is 0.245. The van der Waals surface area contributed by atoms with Gasteiger partial charge in [0.1, 0.15) is 0 Å². The number of hydrogen-bond acceptors (Lipinski definition) is 3. The number of benzene rings is 1. The van der Waals surface area contributed by atoms with Gasteiger partial charge in [-0.2, -0.15) is 0 Å². The van der Waals surface area contributed by atoms with Crippen molar-refractivity contribution < 1.29 is 9.50 Å². The number of halogens is 1. The minimum atomic E-state index is -0.290. The van der Waals surface area contributed by atoms with Crippen molar-refractivity contribution in [1.29, 1.82) is 0 Å². The van der Waals surface area contributed by atoms with Crippen LogP contribution < -0.4 is 5.73 Å². The molecule has 0 aromatic heterocycles. The monoisotopic (exact) mass is 252 g/mol. The van der Waals surface area contributed by atoms with Crippen LogP contribution >= 0.6 is 0 Å². The van der Waals surface area contributed by atoms with Gasteiger partial charge in [-0.15, -0.1) is 0 Å². The number of hydrogen-bond donors (Lipinski definition) is 2. The topological polar surface area (TPSA) is 49.5 Å². The highest BCUT2D eigenvalue weighted by atomic mass is 19.1. The highest BCUT2D eigenvalue weighted by Gasteiger charge is 2.20. The van der Waals surface area contributed by atoms with Gasteiger partial charge in [0, 0.05) is 25.3 Å². The standard InChI is InChI=1S/C14H21FN2O/c15-14-12(4-1-5-13(14)16)10-17-7-2-3-11(9-17)6-8-18/h1,4-5,11,18H,2-3,6-10,16H2. The van der Waals surface area contributed by atoms with Crippen molar-refractivity contribution in [2.45, 2.75) is 25.8 Å². The number of anilines is 1. The van der Waals surface area contributed by atoms with E-state index in [1.807, 2.05) is 0 Å². The van der Waals surface area contributed by atoms with Crippen LogP contribution in [0.4, 0.5) is 10.1 Å². The second-order valence-corrected chi connectivity index (χ2v) is 5.08. The van der Waals surface area contributed by atoms with E-state index in [-0.39, 0.29) is 18.1 Å². The quantitative estimate of drug-likeness (QED) is 0.806. The third-order valence-electron chi connectivity index (χ3n) is 3.64. The third kappa shape index (κ3) is 3.21. The zero-order valence-electron chi connectivity index (χ0n) is 10.6. The van der Waals surface area contributed by atoms with Crippen molar-refractivity contribution >= 4 is 5.69 Å². The maximum Gasteiger partial charge on any atom is 0.150 e. The first-order valence-electron chi connectivity index (χ1n) is 6.56. The number of nitrogens with zero attached hydrogens (tertiary/aromatic N) is 1. The second-order valence-electron chi connectivity index (χ2n) is 5.08. The third-order valence-corrected chi connectivity index (χ3v) is 3.64. The van der Waals surface area contributed by atoms with E-state index in [1.54, 1.807) is 18.2 Å². The normalized spacial score (nSPS) is 21.1. The van der Waals surface area contributed by atoms with Gasteiger partial charge in [0.25, 0.3) is 0 Å². The minimum Gasteiger partial charge on any atom is -0.396 e. The summed E-state index contributed by atoms with van der Waals surface area (Å²) in [7, 11) is 0. The molecule has 0 amide bonds. The molecule has 0 aliphatic carbocycles. The van der Waals surface area contributed by atoms with Gasteiger partial charge >= 0.3 is 0 Å². The van der Waals surface area contributed by atoms with Gasteiger partial charge in [0.2, 0.25) is 0 Å². The lowest BCUT2D eigenvalue weighted by molar-refractivity contribution is 0.141. The molecule has 1 aliphatic rings. The Morgan fingerprint density at radius 2 is 2.28 bits per heavy atom. The predicted octanol–water partition coefficient (Wildman–Crippen LogP) is 2.00. The van der Waals surface area contributed by atoms with Crippen molar-refractivity contribution in [3.05, 3.63) is 29.6 Å². The summed E-state index contributed by atoms with van der Waals surface area (Å²) in [4.78, 5) is 2.25. The summed E-state index contributed by atoms with van der Waals surface area (Å²) in [6, 6.07) is 5.17. The van der Waals surface area contributed by atoms with Gasteiger partial charge in [-0.05, 0) is 37.8 Å². The number of nitrogens with two attached hydrogens (primary N) is 1. The summed E-state index contributed by atoms with van der Waals surface area (Å²) >= 11 is 0. The Hall–Kier alpha value is -1.13. The molecule has 1 atom stereocenters. The van der Waals surface area contributed by atoms with Crippen molar-refractivity contribution in [1.82, 2.24) is 4.90 Å². The summed E-state index contributed by atoms with van der Waals surface area (Å²) in [6.07, 6.45) is 3.13. The summed E-state index contributed by atoms with van der Waals surface area (Å²) in [5, 5.41) is 8.98. The highest BCUT2D eigenvalue weighted by molar-refractivity contribution is 5.42. The second kappa shape index (κ2) is 6.16. The van der Waals surface area contributed by atoms with E-state index in [4.69, 9.17) is 10.8 Å². The number of rotatable bonds is 4. The van der Waals surface area contributed by atoms with E-state index in [1.165, 1.54) is 0 Å². The fourth-order valence-electron chi connectivity index (χ4n) is 2.68. The smallest absolute Gasteiger partial charge is 0.150 e. The molecule has 100 valence electrons. The van der Waals surface area contributed by atoms with Gasteiger partial charge in [-0.3, -0.25) is 4.90 Å². The number of nitrogen functional groups attached to an aromatic ring is 1. The molecule has 1 unspecified atom stereocenters. The molecule has 1 saturated heterocycles. The Kier molecular flexibility index (Phi) is 4.55. The van der Waals surface area contributed by atoms with E-state index < -0.39 is 0 Å². The SMILES string of the molecule is Nc1cccc(CN2CCCC(CCO)C2)c1F. The summed E-state index contributed by atoms with van der Waals surface area (Å²) in [5.41, 5.74) is 6.46. The number of piperidine rings is 1. The summed E-state index contributed by atoms with van der Waals surface area (Å²) < 4.78 is 13.8. The molecule has 1 fully saturated rings. The van der Waals surface area contributed by atoms with E-state index in [0.717, 1.165) is 32.4 Å². The largest absolute Gasteiger partial charge is 0.396 e. The Bertz CT molecular complexity index is 395. The Labute approximate surface area is 107 Å². The Morgan fingerprint density at radius 1 is 1.44 bits per heavy atom. The number of likely N-dealkylation sites (tertiary alicyclic amines) is 1. The van der Waals surface area contributed by atoms with Crippen LogP contribution in [0.15, 0.2) is 18.2 Å². The van der Waals surface area contributed by atoms with Crippen LogP contribution in [-0.4, -0.2) is 29.7 Å². The van der Waals surface area contributed by atoms with Crippen molar-refractivity contribution in [2.75, 3.05) is 25.4 Å². The van der Waals surface area contributed by atoms with E-state index in [0.29, 0.717) is 18.0 Å². The minimum absolute atomic E-state index is 0.219. The molecule has 0 bridgehead atoms. The lowest BCUT2D eigenvalue weighted by Crippen LogP contribution is -2.35. The Balaban J connectivity index is 1.98. The molecular weight excluding hydrogens is 231 g/mol. The van der Waals surface area contributed by atoms with Crippen molar-refractivity contribution in [3.63, 3.8) is 0 Å². The summed E-state index contributed by atoms with van der Waals surface area (Å²) in [6.45, 7) is 2.79. The predicted molar refractivity (Wildman–Crippen MR) is 70.5 cm³/mol. The number of aliphatic hydroxyl groups excluding tert-OH is 1. The first-order chi connectivity index (χ1) is 8.70. The fraction of sp³-hybridized carbons (Fsp3) is 0.571. The maximum absolute atomic E-state index is 13.8. The van der Waals surface area contributed by atoms with E-state index in [2.05, 4.69) is 4.90 Å². The van der Waals surface area contributed by atoms with E-state index in [9.17, 15) is 4.39 Å². The molecule has 18 heavy (non-hydrogen) atoms. The molecule has 1 aromatic rings. The molecule has 0 saturated carbocycles. The van der Waals surface area contributed by atoms with Gasteiger partial charge in [0.05, 0.1) is 5.69 Å². The fourth-order valence-corrected chi connectivity index (χ4v) is 2.68. The molecular formula is C14H21FN2O. The van der Waals surface area contributed by atoms with E-state index >= 15 is 0 Å². The van der Waals surface area contributed by atoms with Gasteiger partial charge in [-0.25, -0.2) is 4.39 Å². The van der Waals surface area contributed by atoms with Crippen LogP contribution in [0.3, 0.4) is 0 Å². The van der Waals surface area contributed by atoms with Crippen LogP contribution in [0.2, 0.25) is 0 Å². The highest BCUT2D eigenvalue weighted by Crippen LogP contribution is 2.23. The molecule has 1 aromatic carbocycles. The van der Waals surface area contributed by atoms with Crippen molar-refractivity contribution in [3.8, 4) is 0 Å². The lowest BCUT2D eigenvalue weighted by Gasteiger charge is -2.32. The zero-order valence-corrected chi connectivity index (χ0v) is 10.6. The van der Waals surface area contributed by atoms with Crippen molar-refractivity contribution in [2.24, 2.45) is 5.92 Å². The molecule has 0 spiro atoms. The average molecular weight is 252 g/mol. The molecule has 4 heteroatoms. The molecule has 2 rings (SSSR count). The van der Waals surface area contributed by atoms with Gasteiger partial charge < -0.3 is 10.8 Å². The first-order valence-corrected chi connectivity index (χ1v) is 6.56. The average Bonchev–Trinajstić information content (AvgIpc) is 2.36. The molecule has 3 N–H and O–H groups in total. The van der Waals surface area contributed by atoms with Crippen LogP contribution in [0.5, 0.6) is 0 Å².